The van der Waals surface area contributed by atoms with Crippen molar-refractivity contribution in [1.82, 2.24) is 14.7 Å². The lowest BCUT2D eigenvalue weighted by Gasteiger charge is -2.29. The highest BCUT2D eigenvalue weighted by Crippen LogP contribution is 2.35. The molecule has 1 fully saturated rings. The van der Waals surface area contributed by atoms with Crippen LogP contribution in [-0.4, -0.2) is 47.5 Å². The number of fused-ring (bicyclic) bond motifs is 1. The summed E-state index contributed by atoms with van der Waals surface area (Å²) in [6, 6.07) is 5.72. The van der Waals surface area contributed by atoms with Crippen molar-refractivity contribution in [3.63, 3.8) is 0 Å². The zero-order valence-electron chi connectivity index (χ0n) is 14.3. The topological polar surface area (TPSA) is 30.3 Å². The van der Waals surface area contributed by atoms with E-state index in [2.05, 4.69) is 16.2 Å². The number of rotatable bonds is 4. The molecular weight excluding hydrogens is 357 g/mol. The van der Waals surface area contributed by atoms with Gasteiger partial charge in [0.2, 0.25) is 0 Å². The summed E-state index contributed by atoms with van der Waals surface area (Å²) < 4.78 is 7.48. The van der Waals surface area contributed by atoms with Crippen molar-refractivity contribution in [1.29, 1.82) is 0 Å². The van der Waals surface area contributed by atoms with E-state index in [1.54, 1.807) is 0 Å². The molecule has 1 unspecified atom stereocenters. The molecule has 134 valence electrons. The summed E-state index contributed by atoms with van der Waals surface area (Å²) in [6.07, 6.45) is 6.79. The Bertz CT molecular complexity index is 740. The number of ether oxygens (including phenoxy) is 1. The Balaban J connectivity index is 1.52. The van der Waals surface area contributed by atoms with Crippen molar-refractivity contribution < 1.29 is 4.74 Å². The molecule has 1 aromatic heterocycles. The van der Waals surface area contributed by atoms with Gasteiger partial charge in [-0.1, -0.05) is 23.2 Å². The summed E-state index contributed by atoms with van der Waals surface area (Å²) in [5.41, 5.74) is 3.73. The lowest BCUT2D eigenvalue weighted by Crippen LogP contribution is -2.37. The predicted molar refractivity (Wildman–Crippen MR) is 101 cm³/mol. The minimum atomic E-state index is 0.572. The van der Waals surface area contributed by atoms with Crippen LogP contribution in [0.15, 0.2) is 24.4 Å². The molecule has 2 heterocycles. The van der Waals surface area contributed by atoms with Crippen molar-refractivity contribution in [2.45, 2.75) is 31.6 Å². The van der Waals surface area contributed by atoms with E-state index in [0.29, 0.717) is 16.0 Å². The number of morpholine rings is 1. The van der Waals surface area contributed by atoms with Crippen molar-refractivity contribution >= 4 is 23.2 Å². The maximum Gasteiger partial charge on any atom is 0.0664 e. The van der Waals surface area contributed by atoms with E-state index >= 15 is 0 Å². The van der Waals surface area contributed by atoms with Gasteiger partial charge in [0.05, 0.1) is 35.1 Å². The lowest BCUT2D eigenvalue weighted by atomic mass is 9.84. The third kappa shape index (κ3) is 3.72. The van der Waals surface area contributed by atoms with Gasteiger partial charge >= 0.3 is 0 Å². The summed E-state index contributed by atoms with van der Waals surface area (Å²) in [5, 5.41) is 5.82. The molecule has 1 saturated heterocycles. The van der Waals surface area contributed by atoms with Gasteiger partial charge in [0.25, 0.3) is 0 Å². The standard InChI is InChI=1S/C19H23Cl2N3O/c20-17-5-4-15(12-18(17)21)24-19-3-1-2-14(16(19)13-22-24)6-7-23-8-10-25-11-9-23/h4-5,12-14H,1-3,6-11H2. The molecule has 4 rings (SSSR count). The van der Waals surface area contributed by atoms with Crippen LogP contribution in [0.25, 0.3) is 5.69 Å². The highest BCUT2D eigenvalue weighted by Gasteiger charge is 2.25. The molecule has 6 heteroatoms. The number of nitrogens with zero attached hydrogens (tertiary/aromatic N) is 3. The van der Waals surface area contributed by atoms with Gasteiger partial charge in [0.1, 0.15) is 0 Å². The molecule has 0 bridgehead atoms. The summed E-state index contributed by atoms with van der Waals surface area (Å²) >= 11 is 12.2. The first kappa shape index (κ1) is 17.3. The third-order valence-electron chi connectivity index (χ3n) is 5.35. The van der Waals surface area contributed by atoms with Gasteiger partial charge in [-0.3, -0.25) is 4.90 Å². The van der Waals surface area contributed by atoms with Crippen molar-refractivity contribution in [2.75, 3.05) is 32.8 Å². The average molecular weight is 380 g/mol. The molecule has 2 aliphatic rings. The number of halogens is 2. The minimum Gasteiger partial charge on any atom is -0.379 e. The van der Waals surface area contributed by atoms with Crippen molar-refractivity contribution in [3.05, 3.63) is 45.7 Å². The van der Waals surface area contributed by atoms with E-state index in [9.17, 15) is 0 Å². The Morgan fingerprint density at radius 1 is 1.16 bits per heavy atom. The Kier molecular flexibility index (Phi) is 5.32. The fourth-order valence-electron chi connectivity index (χ4n) is 3.95. The molecule has 25 heavy (non-hydrogen) atoms. The molecule has 2 aromatic rings. The van der Waals surface area contributed by atoms with Crippen molar-refractivity contribution in [2.24, 2.45) is 0 Å². The highest BCUT2D eigenvalue weighted by molar-refractivity contribution is 6.42. The van der Waals surface area contributed by atoms with Crippen molar-refractivity contribution in [3.8, 4) is 5.69 Å². The van der Waals surface area contributed by atoms with Crippen LogP contribution in [0.2, 0.25) is 10.0 Å². The second-order valence-electron chi connectivity index (χ2n) is 6.89. The summed E-state index contributed by atoms with van der Waals surface area (Å²) in [7, 11) is 0. The van der Waals surface area contributed by atoms with E-state index in [4.69, 9.17) is 27.9 Å². The number of aromatic nitrogens is 2. The largest absolute Gasteiger partial charge is 0.379 e. The van der Waals surface area contributed by atoms with Gasteiger partial charge in [0.15, 0.2) is 0 Å². The van der Waals surface area contributed by atoms with E-state index < -0.39 is 0 Å². The molecule has 0 N–H and O–H groups in total. The summed E-state index contributed by atoms with van der Waals surface area (Å²) in [4.78, 5) is 2.52. The van der Waals surface area contributed by atoms with E-state index in [1.165, 1.54) is 30.5 Å². The first-order valence-corrected chi connectivity index (χ1v) is 9.80. The third-order valence-corrected chi connectivity index (χ3v) is 6.09. The zero-order chi connectivity index (χ0) is 17.2. The van der Waals surface area contributed by atoms with Gasteiger partial charge in [0, 0.05) is 18.8 Å². The predicted octanol–water partition coefficient (Wildman–Crippen LogP) is 4.32. The number of hydrogen-bond donors (Lipinski definition) is 0. The average Bonchev–Trinajstić information content (AvgIpc) is 3.08. The maximum atomic E-state index is 6.19. The van der Waals surface area contributed by atoms with Crippen LogP contribution in [0.4, 0.5) is 0 Å². The maximum absolute atomic E-state index is 6.19. The molecule has 0 spiro atoms. The molecule has 1 aliphatic heterocycles. The zero-order valence-corrected chi connectivity index (χ0v) is 15.8. The molecule has 0 radical (unpaired) electrons. The van der Waals surface area contributed by atoms with Gasteiger partial charge in [-0.25, -0.2) is 4.68 Å². The first-order valence-electron chi connectivity index (χ1n) is 9.04. The Hall–Kier alpha value is -1.07. The van der Waals surface area contributed by atoms with Crippen LogP contribution < -0.4 is 0 Å². The SMILES string of the molecule is Clc1ccc(-n2ncc3c2CCCC3CCN2CCOCC2)cc1Cl. The van der Waals surface area contributed by atoms with Gasteiger partial charge in [-0.15, -0.1) is 0 Å². The Morgan fingerprint density at radius 3 is 2.80 bits per heavy atom. The molecule has 0 amide bonds. The fraction of sp³-hybridized carbons (Fsp3) is 0.526. The second-order valence-corrected chi connectivity index (χ2v) is 7.70. The first-order chi connectivity index (χ1) is 12.2. The Morgan fingerprint density at radius 2 is 2.00 bits per heavy atom. The molecular formula is C19H23Cl2N3O. The molecule has 1 aromatic carbocycles. The van der Waals surface area contributed by atoms with Gasteiger partial charge in [-0.05, 0) is 61.9 Å². The number of benzene rings is 1. The van der Waals surface area contributed by atoms with E-state index in [-0.39, 0.29) is 0 Å². The smallest absolute Gasteiger partial charge is 0.0664 e. The van der Waals surface area contributed by atoms with Crippen LogP contribution in [0.5, 0.6) is 0 Å². The minimum absolute atomic E-state index is 0.572. The molecule has 4 nitrogen and oxygen atoms in total. The molecule has 1 aliphatic carbocycles. The van der Waals surface area contributed by atoms with Gasteiger partial charge in [-0.2, -0.15) is 5.10 Å². The second kappa shape index (κ2) is 7.67. The molecule has 0 saturated carbocycles. The van der Waals surface area contributed by atoms with Crippen LogP contribution in [0, 0.1) is 0 Å². The highest BCUT2D eigenvalue weighted by atomic mass is 35.5. The quantitative estimate of drug-likeness (QED) is 0.791. The number of hydrogen-bond acceptors (Lipinski definition) is 3. The fourth-order valence-corrected chi connectivity index (χ4v) is 4.24. The van der Waals surface area contributed by atoms with E-state index in [1.807, 2.05) is 22.9 Å². The van der Waals surface area contributed by atoms with Crippen LogP contribution in [0.1, 0.15) is 36.4 Å². The summed E-state index contributed by atoms with van der Waals surface area (Å²) in [5.74, 6) is 0.600. The van der Waals surface area contributed by atoms with Gasteiger partial charge < -0.3 is 4.74 Å². The normalized spacial score (nSPS) is 21.3. The lowest BCUT2D eigenvalue weighted by molar-refractivity contribution is 0.0363. The molecule has 1 atom stereocenters. The van der Waals surface area contributed by atoms with E-state index in [0.717, 1.165) is 45.0 Å². The van der Waals surface area contributed by atoms with Crippen LogP contribution in [0.3, 0.4) is 0 Å². The van der Waals surface area contributed by atoms with Crippen LogP contribution in [-0.2, 0) is 11.2 Å². The Labute approximate surface area is 158 Å². The van der Waals surface area contributed by atoms with Crippen LogP contribution >= 0.6 is 23.2 Å². The monoisotopic (exact) mass is 379 g/mol. The summed E-state index contributed by atoms with van der Waals surface area (Å²) in [6.45, 7) is 4.99.